The molecule has 0 unspecified atom stereocenters. The van der Waals surface area contributed by atoms with E-state index in [1.807, 2.05) is 6.08 Å². The second-order valence-corrected chi connectivity index (χ2v) is 22.0. The zero-order valence-electron chi connectivity index (χ0n) is 44.2. The number of hydrogen-bond donors (Lipinski definition) is 0. The smallest absolute Gasteiger partial charge is 0.128 e. The average Bonchev–Trinajstić information content (AvgIpc) is 3.66. The Bertz CT molecular complexity index is 3140. The van der Waals surface area contributed by atoms with Gasteiger partial charge in [0, 0.05) is 6.42 Å². The summed E-state index contributed by atoms with van der Waals surface area (Å²) >= 11 is 0. The first-order valence-electron chi connectivity index (χ1n) is 25.4. The molecule has 0 radical (unpaired) electrons. The number of aryl methyl sites for hydroxylation is 4. The van der Waals surface area contributed by atoms with Gasteiger partial charge in [-0.05, 0) is 186 Å². The maximum atomic E-state index is 6.88. The van der Waals surface area contributed by atoms with Crippen molar-refractivity contribution in [3.05, 3.63) is 254 Å². The first-order chi connectivity index (χ1) is 34.3. The first-order valence-corrected chi connectivity index (χ1v) is 25.4. The van der Waals surface area contributed by atoms with E-state index in [9.17, 15) is 0 Å². The van der Waals surface area contributed by atoms with Crippen molar-refractivity contribution < 1.29 is 18.9 Å². The molecule has 0 spiro atoms. The summed E-state index contributed by atoms with van der Waals surface area (Å²) in [6, 6.07) is 61.0. The number of ether oxygens (including phenoxy) is 4. The predicted octanol–water partition coefficient (Wildman–Crippen LogP) is 17.1. The van der Waals surface area contributed by atoms with E-state index in [1.54, 1.807) is 0 Å². The lowest BCUT2D eigenvalue weighted by Gasteiger charge is -2.34. The third-order valence-corrected chi connectivity index (χ3v) is 14.4. The summed E-state index contributed by atoms with van der Waals surface area (Å²) in [6.45, 7) is 28.8. The quantitative estimate of drug-likeness (QED) is 0.0967. The highest BCUT2D eigenvalue weighted by molar-refractivity contribution is 5.86. The molecule has 1 aliphatic carbocycles. The first kappa shape index (κ1) is 49.7. The maximum Gasteiger partial charge on any atom is 0.128 e. The van der Waals surface area contributed by atoms with Gasteiger partial charge in [-0.1, -0.05) is 167 Å². The Balaban J connectivity index is 0.891. The van der Waals surface area contributed by atoms with Crippen LogP contribution in [-0.2, 0) is 36.1 Å². The average molecular weight is 951 g/mol. The zero-order chi connectivity index (χ0) is 51.0. The molecule has 8 aromatic carbocycles. The number of rotatable bonds is 16. The van der Waals surface area contributed by atoms with Crippen LogP contribution in [-0.4, -0.2) is 5.60 Å². The van der Waals surface area contributed by atoms with E-state index in [-0.39, 0.29) is 5.41 Å². The van der Waals surface area contributed by atoms with Crippen LogP contribution < -0.4 is 18.9 Å². The number of hydrogen-bond acceptors (Lipinski definition) is 4. The summed E-state index contributed by atoms with van der Waals surface area (Å²) < 4.78 is 26.7. The van der Waals surface area contributed by atoms with Gasteiger partial charge in [-0.3, -0.25) is 0 Å². The van der Waals surface area contributed by atoms with Crippen LogP contribution in [0.2, 0.25) is 0 Å². The van der Waals surface area contributed by atoms with Gasteiger partial charge < -0.3 is 18.9 Å². The van der Waals surface area contributed by atoms with Crippen molar-refractivity contribution in [2.24, 2.45) is 0 Å². The van der Waals surface area contributed by atoms with E-state index in [0.29, 0.717) is 13.2 Å². The van der Waals surface area contributed by atoms with Crippen molar-refractivity contribution in [3.8, 4) is 34.1 Å². The van der Waals surface area contributed by atoms with Gasteiger partial charge in [0.05, 0.1) is 5.41 Å². The third kappa shape index (κ3) is 10.1. The minimum absolute atomic E-state index is 0.0753. The SMILES string of the molecule is C=Cc1ccc(COc2ccc(C3(c4cccc(OCc5ccc(CC(C)(C)Oc6c(C)cc(C(C)(C)Oc7c(C)cc(C(C)(C)C)cc7C)cc6C)cc5)c4)c4ccccc4-c4ccccc43)cc2)cc1. The van der Waals surface area contributed by atoms with Crippen LogP contribution in [0.5, 0.6) is 23.0 Å². The molecule has 0 fully saturated rings. The van der Waals surface area contributed by atoms with Crippen LogP contribution in [0.1, 0.15) is 126 Å². The molecule has 0 aliphatic heterocycles. The topological polar surface area (TPSA) is 36.9 Å². The molecule has 0 saturated heterocycles. The summed E-state index contributed by atoms with van der Waals surface area (Å²) in [6.07, 6.45) is 2.60. The zero-order valence-corrected chi connectivity index (χ0v) is 44.2. The van der Waals surface area contributed by atoms with Gasteiger partial charge in [-0.15, -0.1) is 0 Å². The molecule has 0 heterocycles. The summed E-state index contributed by atoms with van der Waals surface area (Å²) in [5, 5.41) is 0. The van der Waals surface area contributed by atoms with E-state index in [2.05, 4.69) is 253 Å². The van der Waals surface area contributed by atoms with Crippen molar-refractivity contribution in [1.29, 1.82) is 0 Å². The summed E-state index contributed by atoms with van der Waals surface area (Å²) in [7, 11) is 0. The third-order valence-electron chi connectivity index (χ3n) is 14.4. The van der Waals surface area contributed by atoms with Crippen molar-refractivity contribution >= 4 is 6.08 Å². The van der Waals surface area contributed by atoms with E-state index >= 15 is 0 Å². The van der Waals surface area contributed by atoms with Crippen molar-refractivity contribution in [3.63, 3.8) is 0 Å². The molecule has 9 rings (SSSR count). The molecule has 0 saturated carbocycles. The highest BCUT2D eigenvalue weighted by Gasteiger charge is 2.46. The molecule has 0 amide bonds. The Morgan fingerprint density at radius 1 is 0.458 bits per heavy atom. The molecular formula is C68H70O4. The van der Waals surface area contributed by atoms with Crippen LogP contribution in [0.4, 0.5) is 0 Å². The number of fused-ring (bicyclic) bond motifs is 3. The molecule has 0 N–H and O–H groups in total. The Morgan fingerprint density at radius 2 is 0.944 bits per heavy atom. The standard InChI is InChI=1S/C68H70O4/c1-13-49-25-29-51(30-26-49)43-69-57-35-33-53(34-36-57)68(61-23-16-14-21-59(61)60-22-15-17-24-62(60)68)54-19-18-20-58(41-54)70-44-52-31-27-50(28-32-52)42-66(9,10)71-63-47(4)39-56(40-48(63)5)67(11,12)72-64-45(2)37-55(38-46(64)3)65(6,7)8/h13-41H,1,42-44H2,2-12H3. The van der Waals surface area contributed by atoms with Gasteiger partial charge in [0.25, 0.3) is 0 Å². The fraction of sp³-hybridized carbons (Fsp3) is 0.265. The lowest BCUT2D eigenvalue weighted by Crippen LogP contribution is -2.32. The fourth-order valence-corrected chi connectivity index (χ4v) is 10.6. The lowest BCUT2D eigenvalue weighted by atomic mass is 9.67. The van der Waals surface area contributed by atoms with Crippen LogP contribution in [0.3, 0.4) is 0 Å². The minimum atomic E-state index is -0.565. The summed E-state index contributed by atoms with van der Waals surface area (Å²) in [5.41, 5.74) is 17.3. The monoisotopic (exact) mass is 951 g/mol. The second-order valence-electron chi connectivity index (χ2n) is 22.0. The molecule has 8 aromatic rings. The van der Waals surface area contributed by atoms with E-state index in [4.69, 9.17) is 18.9 Å². The van der Waals surface area contributed by atoms with Crippen LogP contribution >= 0.6 is 0 Å². The van der Waals surface area contributed by atoms with E-state index < -0.39 is 16.6 Å². The largest absolute Gasteiger partial charge is 0.489 e. The van der Waals surface area contributed by atoms with Gasteiger partial charge in [-0.2, -0.15) is 0 Å². The molecule has 0 aromatic heterocycles. The summed E-state index contributed by atoms with van der Waals surface area (Å²) in [5.74, 6) is 3.52. The molecule has 366 valence electrons. The Kier molecular flexibility index (Phi) is 13.6. The Labute approximate surface area is 429 Å². The van der Waals surface area contributed by atoms with E-state index in [1.165, 1.54) is 38.9 Å². The van der Waals surface area contributed by atoms with Gasteiger partial charge in [0.15, 0.2) is 0 Å². The van der Waals surface area contributed by atoms with Crippen molar-refractivity contribution in [1.82, 2.24) is 0 Å². The van der Waals surface area contributed by atoms with Crippen molar-refractivity contribution in [2.45, 2.75) is 118 Å². The molecule has 0 atom stereocenters. The summed E-state index contributed by atoms with van der Waals surface area (Å²) in [4.78, 5) is 0. The van der Waals surface area contributed by atoms with Crippen molar-refractivity contribution in [2.75, 3.05) is 0 Å². The minimum Gasteiger partial charge on any atom is -0.489 e. The van der Waals surface area contributed by atoms with Gasteiger partial charge in [0.1, 0.15) is 47.4 Å². The molecule has 4 nitrogen and oxygen atoms in total. The lowest BCUT2D eigenvalue weighted by molar-refractivity contribution is 0.103. The van der Waals surface area contributed by atoms with Crippen LogP contribution in [0.25, 0.3) is 17.2 Å². The van der Waals surface area contributed by atoms with Gasteiger partial charge >= 0.3 is 0 Å². The predicted molar refractivity (Wildman–Crippen MR) is 298 cm³/mol. The highest BCUT2D eigenvalue weighted by atomic mass is 16.5. The Hall–Kier alpha value is -7.30. The number of benzene rings is 8. The van der Waals surface area contributed by atoms with Gasteiger partial charge in [0.2, 0.25) is 0 Å². The van der Waals surface area contributed by atoms with Gasteiger partial charge in [-0.25, -0.2) is 0 Å². The molecular weight excluding hydrogens is 881 g/mol. The molecule has 1 aliphatic rings. The molecule has 72 heavy (non-hydrogen) atoms. The molecule has 4 heteroatoms. The maximum absolute atomic E-state index is 6.88. The van der Waals surface area contributed by atoms with E-state index in [0.717, 1.165) is 79.5 Å². The normalized spacial score (nSPS) is 13.0. The Morgan fingerprint density at radius 3 is 1.49 bits per heavy atom. The second kappa shape index (κ2) is 19.7. The fourth-order valence-electron chi connectivity index (χ4n) is 10.6. The van der Waals surface area contributed by atoms with Crippen LogP contribution in [0.15, 0.2) is 176 Å². The highest BCUT2D eigenvalue weighted by Crippen LogP contribution is 2.56. The molecule has 0 bridgehead atoms. The van der Waals surface area contributed by atoms with Crippen LogP contribution in [0, 0.1) is 27.7 Å².